The maximum Gasteiger partial charge on any atom is 0.349 e. The normalized spacial score (nSPS) is 19.5. The van der Waals surface area contributed by atoms with Crippen molar-refractivity contribution in [3.8, 4) is 0 Å². The second-order valence-corrected chi connectivity index (χ2v) is 6.05. The minimum atomic E-state index is -0.236. The number of hydrogen-bond acceptors (Lipinski definition) is 4. The highest BCUT2D eigenvalue weighted by molar-refractivity contribution is 5.46. The lowest BCUT2D eigenvalue weighted by Gasteiger charge is -2.30. The molecule has 23 heavy (non-hydrogen) atoms. The molecule has 4 rings (SSSR count). The maximum absolute atomic E-state index is 13.2. The van der Waals surface area contributed by atoms with Crippen LogP contribution in [0.15, 0.2) is 35.1 Å². The molecule has 0 spiro atoms. The summed E-state index contributed by atoms with van der Waals surface area (Å²) >= 11 is 0. The van der Waals surface area contributed by atoms with Crippen LogP contribution in [0.3, 0.4) is 0 Å². The summed E-state index contributed by atoms with van der Waals surface area (Å²) in [6, 6.07) is 8.78. The second-order valence-electron chi connectivity index (χ2n) is 6.05. The summed E-state index contributed by atoms with van der Waals surface area (Å²) in [5, 5.41) is 0. The van der Waals surface area contributed by atoms with Crippen LogP contribution in [0.25, 0.3) is 0 Å². The zero-order chi connectivity index (χ0) is 15.8. The first-order valence-electron chi connectivity index (χ1n) is 7.90. The molecule has 0 bridgehead atoms. The van der Waals surface area contributed by atoms with Gasteiger partial charge in [0.15, 0.2) is 0 Å². The first kappa shape index (κ1) is 14.4. The monoisotopic (exact) mass is 315 g/mol. The van der Waals surface area contributed by atoms with E-state index in [1.165, 1.54) is 12.1 Å². The Morgan fingerprint density at radius 1 is 1.30 bits per heavy atom. The van der Waals surface area contributed by atoms with Crippen LogP contribution in [-0.2, 0) is 24.1 Å². The van der Waals surface area contributed by atoms with E-state index >= 15 is 0 Å². The molecule has 0 N–H and O–H groups in total. The van der Waals surface area contributed by atoms with Crippen molar-refractivity contribution in [2.24, 2.45) is 0 Å². The molecule has 1 aromatic carbocycles. The Balaban J connectivity index is 1.57. The number of aromatic nitrogens is 2. The number of nitrogens with zero attached hydrogens (tertiary/aromatic N) is 3. The van der Waals surface area contributed by atoms with E-state index in [1.54, 1.807) is 10.6 Å². The fourth-order valence-electron chi connectivity index (χ4n) is 3.36. The maximum atomic E-state index is 13.2. The zero-order valence-corrected chi connectivity index (χ0v) is 12.7. The van der Waals surface area contributed by atoms with Crippen molar-refractivity contribution in [2.75, 3.05) is 24.7 Å². The van der Waals surface area contributed by atoms with Crippen molar-refractivity contribution in [1.29, 1.82) is 0 Å². The molecule has 0 saturated carbocycles. The van der Waals surface area contributed by atoms with E-state index in [2.05, 4.69) is 9.88 Å². The van der Waals surface area contributed by atoms with E-state index in [-0.39, 0.29) is 17.5 Å². The van der Waals surface area contributed by atoms with Gasteiger partial charge in [0, 0.05) is 12.6 Å². The summed E-state index contributed by atoms with van der Waals surface area (Å²) in [5.74, 6) is 0.702. The molecule has 2 aliphatic rings. The number of fused-ring (bicyclic) bond motifs is 3. The predicted molar refractivity (Wildman–Crippen MR) is 84.3 cm³/mol. The SMILES string of the molecule is O=c1nc(CCc2cccc(F)c2)cc2n1C[C@H]1COCCN21. The number of morpholine rings is 1. The quantitative estimate of drug-likeness (QED) is 0.859. The van der Waals surface area contributed by atoms with E-state index < -0.39 is 0 Å². The van der Waals surface area contributed by atoms with Crippen LogP contribution in [-0.4, -0.2) is 35.4 Å². The van der Waals surface area contributed by atoms with Gasteiger partial charge in [0.25, 0.3) is 0 Å². The van der Waals surface area contributed by atoms with Gasteiger partial charge in [-0.2, -0.15) is 4.98 Å². The van der Waals surface area contributed by atoms with Gasteiger partial charge in [-0.3, -0.25) is 4.57 Å². The van der Waals surface area contributed by atoms with Gasteiger partial charge in [0.05, 0.1) is 31.5 Å². The predicted octanol–water partition coefficient (Wildman–Crippen LogP) is 1.39. The van der Waals surface area contributed by atoms with Crippen molar-refractivity contribution in [2.45, 2.75) is 25.4 Å². The topological polar surface area (TPSA) is 47.4 Å². The Hall–Kier alpha value is -2.21. The molecule has 5 nitrogen and oxygen atoms in total. The van der Waals surface area contributed by atoms with Crippen molar-refractivity contribution in [1.82, 2.24) is 9.55 Å². The molecule has 1 saturated heterocycles. The molecule has 0 unspecified atom stereocenters. The molecular formula is C17H18FN3O2. The van der Waals surface area contributed by atoms with Gasteiger partial charge in [0.1, 0.15) is 11.6 Å². The summed E-state index contributed by atoms with van der Waals surface area (Å²) in [5.41, 5.74) is 1.47. The minimum Gasteiger partial charge on any atom is -0.377 e. The first-order chi connectivity index (χ1) is 11.2. The average molecular weight is 315 g/mol. The number of ether oxygens (including phenoxy) is 1. The highest BCUT2D eigenvalue weighted by atomic mass is 19.1. The summed E-state index contributed by atoms with van der Waals surface area (Å²) in [7, 11) is 0. The molecule has 3 heterocycles. The number of anilines is 1. The smallest absolute Gasteiger partial charge is 0.349 e. The molecule has 1 aromatic heterocycles. The molecular weight excluding hydrogens is 297 g/mol. The van der Waals surface area contributed by atoms with E-state index in [1.807, 2.05) is 12.1 Å². The first-order valence-corrected chi connectivity index (χ1v) is 7.90. The van der Waals surface area contributed by atoms with Crippen LogP contribution in [0.2, 0.25) is 0 Å². The molecule has 0 radical (unpaired) electrons. The number of benzene rings is 1. The van der Waals surface area contributed by atoms with Crippen LogP contribution in [0.1, 0.15) is 11.3 Å². The van der Waals surface area contributed by atoms with E-state index in [9.17, 15) is 9.18 Å². The lowest BCUT2D eigenvalue weighted by molar-refractivity contribution is 0.0956. The molecule has 1 atom stereocenters. The van der Waals surface area contributed by atoms with Crippen LogP contribution in [0.4, 0.5) is 10.2 Å². The van der Waals surface area contributed by atoms with E-state index in [0.29, 0.717) is 32.6 Å². The summed E-state index contributed by atoms with van der Waals surface area (Å²) in [6.45, 7) is 2.79. The molecule has 2 aliphatic heterocycles. The van der Waals surface area contributed by atoms with Gasteiger partial charge in [-0.05, 0) is 30.5 Å². The van der Waals surface area contributed by atoms with Gasteiger partial charge in [-0.25, -0.2) is 9.18 Å². The molecule has 2 aromatic rings. The highest BCUT2D eigenvalue weighted by Gasteiger charge is 2.33. The highest BCUT2D eigenvalue weighted by Crippen LogP contribution is 2.26. The van der Waals surface area contributed by atoms with Crippen LogP contribution < -0.4 is 10.6 Å². The number of rotatable bonds is 3. The van der Waals surface area contributed by atoms with Crippen molar-refractivity contribution < 1.29 is 9.13 Å². The lowest BCUT2D eigenvalue weighted by atomic mass is 10.1. The lowest BCUT2D eigenvalue weighted by Crippen LogP contribution is -2.43. The fourth-order valence-corrected chi connectivity index (χ4v) is 3.36. The van der Waals surface area contributed by atoms with E-state index in [0.717, 1.165) is 23.6 Å². The van der Waals surface area contributed by atoms with Gasteiger partial charge in [0.2, 0.25) is 0 Å². The third-order valence-electron chi connectivity index (χ3n) is 4.52. The third kappa shape index (κ3) is 2.74. The zero-order valence-electron chi connectivity index (χ0n) is 12.7. The van der Waals surface area contributed by atoms with E-state index in [4.69, 9.17) is 4.74 Å². The molecule has 1 fully saturated rings. The summed E-state index contributed by atoms with van der Waals surface area (Å²) < 4.78 is 20.5. The molecule has 0 aliphatic carbocycles. The summed E-state index contributed by atoms with van der Waals surface area (Å²) in [4.78, 5) is 18.7. The fraction of sp³-hybridized carbons (Fsp3) is 0.412. The van der Waals surface area contributed by atoms with Gasteiger partial charge in [-0.1, -0.05) is 12.1 Å². The Kier molecular flexibility index (Phi) is 3.61. The van der Waals surface area contributed by atoms with Crippen molar-refractivity contribution >= 4 is 5.82 Å². The molecule has 6 heteroatoms. The van der Waals surface area contributed by atoms with Gasteiger partial charge < -0.3 is 9.64 Å². The van der Waals surface area contributed by atoms with Crippen LogP contribution in [0.5, 0.6) is 0 Å². The van der Waals surface area contributed by atoms with Crippen LogP contribution in [0, 0.1) is 5.82 Å². The minimum absolute atomic E-state index is 0.203. The van der Waals surface area contributed by atoms with Gasteiger partial charge >= 0.3 is 5.69 Å². The Labute approximate surface area is 133 Å². The molecule has 120 valence electrons. The standard InChI is InChI=1S/C17H18FN3O2/c18-13-3-1-2-12(8-13)4-5-14-9-16-20-6-7-23-11-15(20)10-21(16)17(22)19-14/h1-3,8-9,15H,4-7,10-11H2/t15-/m0/s1. The van der Waals surface area contributed by atoms with Crippen molar-refractivity contribution in [3.05, 3.63) is 57.9 Å². The largest absolute Gasteiger partial charge is 0.377 e. The number of hydrogen-bond donors (Lipinski definition) is 0. The number of halogens is 1. The Morgan fingerprint density at radius 2 is 2.22 bits per heavy atom. The summed E-state index contributed by atoms with van der Waals surface area (Å²) in [6.07, 6.45) is 1.29. The average Bonchev–Trinajstić information content (AvgIpc) is 2.93. The Bertz CT molecular complexity index is 790. The van der Waals surface area contributed by atoms with Gasteiger partial charge in [-0.15, -0.1) is 0 Å². The second kappa shape index (κ2) is 5.77. The third-order valence-corrected chi connectivity index (χ3v) is 4.52. The number of aryl methyl sites for hydroxylation is 2. The van der Waals surface area contributed by atoms with Crippen LogP contribution >= 0.6 is 0 Å². The Morgan fingerprint density at radius 3 is 3.09 bits per heavy atom. The molecule has 0 amide bonds. The van der Waals surface area contributed by atoms with Crippen molar-refractivity contribution in [3.63, 3.8) is 0 Å².